The quantitative estimate of drug-likeness (QED) is 0.0363. The summed E-state index contributed by atoms with van der Waals surface area (Å²) in [6.07, 6.45) is 54.6. The lowest BCUT2D eigenvalue weighted by Crippen LogP contribution is -2.22. The van der Waals surface area contributed by atoms with Crippen LogP contribution in [-0.2, 0) is 9.59 Å². The molecule has 0 saturated heterocycles. The molecule has 49 heavy (non-hydrogen) atoms. The average molecular weight is 687 g/mol. The topological polar surface area (TPSA) is 34.1 Å². The highest BCUT2D eigenvalue weighted by molar-refractivity contribution is 5.78. The number of allylic oxidation sites excluding steroid dienone is 1. The fourth-order valence-corrected chi connectivity index (χ4v) is 7.78. The van der Waals surface area contributed by atoms with Gasteiger partial charge in [0.1, 0.15) is 12.1 Å². The van der Waals surface area contributed by atoms with E-state index in [-0.39, 0.29) is 5.41 Å². The highest BCUT2D eigenvalue weighted by atomic mass is 16.1. The maximum absolute atomic E-state index is 12.2. The third-order valence-electron chi connectivity index (χ3n) is 11.3. The van der Waals surface area contributed by atoms with Gasteiger partial charge in [-0.25, -0.2) is 0 Å². The molecule has 0 radical (unpaired) electrons. The molecule has 0 aliphatic heterocycles. The van der Waals surface area contributed by atoms with Crippen molar-refractivity contribution in [3.63, 3.8) is 0 Å². The lowest BCUT2D eigenvalue weighted by Gasteiger charge is -2.27. The van der Waals surface area contributed by atoms with Crippen molar-refractivity contribution in [3.05, 3.63) is 12.7 Å². The fourth-order valence-electron chi connectivity index (χ4n) is 7.78. The zero-order valence-corrected chi connectivity index (χ0v) is 34.0. The minimum atomic E-state index is -0.153. The van der Waals surface area contributed by atoms with E-state index in [1.807, 2.05) is 6.08 Å². The first-order valence-electron chi connectivity index (χ1n) is 22.7. The van der Waals surface area contributed by atoms with Gasteiger partial charge in [0.2, 0.25) is 0 Å². The van der Waals surface area contributed by atoms with E-state index in [0.29, 0.717) is 5.78 Å². The number of carbonyl (C=O) groups excluding carboxylic acids is 2. The molecule has 1 unspecified atom stereocenters. The van der Waals surface area contributed by atoms with Gasteiger partial charge in [0.15, 0.2) is 0 Å². The molecule has 1 atom stereocenters. The first-order valence-corrected chi connectivity index (χ1v) is 22.7. The standard InChI is InChI=1S/C47H90O2/c1-4-7-9-11-13-15-17-22-26-30-34-38-43-47(45-48,42-6-3)44-39-35-31-27-23-19-18-21-25-29-33-37-41-46(49)40-36-32-28-24-20-16-14-12-10-8-5-2/h6,45H,3-5,7-44H2,1-2H3. The number of rotatable bonds is 43. The Hall–Kier alpha value is -0.920. The van der Waals surface area contributed by atoms with E-state index >= 15 is 0 Å². The number of carbonyl (C=O) groups is 2. The van der Waals surface area contributed by atoms with Gasteiger partial charge in [-0.3, -0.25) is 4.79 Å². The maximum Gasteiger partial charge on any atom is 0.132 e. The lowest BCUT2D eigenvalue weighted by atomic mass is 9.76. The van der Waals surface area contributed by atoms with Crippen molar-refractivity contribution in [2.45, 2.75) is 271 Å². The molecule has 0 fully saturated rings. The number of hydrogen-bond acceptors (Lipinski definition) is 2. The molecule has 0 aromatic carbocycles. The number of ketones is 1. The van der Waals surface area contributed by atoms with Crippen molar-refractivity contribution in [1.82, 2.24) is 0 Å². The second-order valence-corrected chi connectivity index (χ2v) is 16.2. The van der Waals surface area contributed by atoms with Crippen LogP contribution in [0, 0.1) is 5.41 Å². The van der Waals surface area contributed by atoms with Crippen LogP contribution in [0.1, 0.15) is 271 Å². The predicted molar refractivity (Wildman–Crippen MR) is 220 cm³/mol. The van der Waals surface area contributed by atoms with Crippen molar-refractivity contribution < 1.29 is 9.59 Å². The normalized spacial score (nSPS) is 12.7. The number of aldehydes is 1. The first kappa shape index (κ1) is 48.1. The molecule has 290 valence electrons. The van der Waals surface area contributed by atoms with Gasteiger partial charge in [-0.05, 0) is 32.1 Å². The van der Waals surface area contributed by atoms with E-state index in [1.165, 1.54) is 218 Å². The second kappa shape index (κ2) is 39.9. The van der Waals surface area contributed by atoms with Crippen LogP contribution >= 0.6 is 0 Å². The van der Waals surface area contributed by atoms with E-state index in [9.17, 15) is 9.59 Å². The van der Waals surface area contributed by atoms with Gasteiger partial charge in [0, 0.05) is 18.3 Å². The van der Waals surface area contributed by atoms with E-state index in [1.54, 1.807) is 0 Å². The summed E-state index contributed by atoms with van der Waals surface area (Å²) in [5, 5.41) is 0. The molecule has 0 aromatic heterocycles. The van der Waals surface area contributed by atoms with Crippen molar-refractivity contribution in [2.75, 3.05) is 0 Å². The van der Waals surface area contributed by atoms with Gasteiger partial charge in [-0.1, -0.05) is 232 Å². The molecule has 0 rings (SSSR count). The summed E-state index contributed by atoms with van der Waals surface area (Å²) >= 11 is 0. The minimum absolute atomic E-state index is 0.153. The van der Waals surface area contributed by atoms with Crippen molar-refractivity contribution in [3.8, 4) is 0 Å². The van der Waals surface area contributed by atoms with Crippen LogP contribution < -0.4 is 0 Å². The Morgan fingerprint density at radius 1 is 0.408 bits per heavy atom. The largest absolute Gasteiger partial charge is 0.303 e. The summed E-state index contributed by atoms with van der Waals surface area (Å²) < 4.78 is 0. The average Bonchev–Trinajstić information content (AvgIpc) is 3.11. The molecule has 0 aliphatic carbocycles. The van der Waals surface area contributed by atoms with Crippen LogP contribution in [0.5, 0.6) is 0 Å². The predicted octanol–water partition coefficient (Wildman–Crippen LogP) is 16.6. The van der Waals surface area contributed by atoms with E-state index < -0.39 is 0 Å². The maximum atomic E-state index is 12.2. The van der Waals surface area contributed by atoms with Crippen LogP contribution in [0.15, 0.2) is 12.7 Å². The highest BCUT2D eigenvalue weighted by Gasteiger charge is 2.27. The van der Waals surface area contributed by atoms with Crippen molar-refractivity contribution >= 4 is 12.1 Å². The molecule has 0 N–H and O–H groups in total. The monoisotopic (exact) mass is 687 g/mol. The zero-order valence-electron chi connectivity index (χ0n) is 34.0. The van der Waals surface area contributed by atoms with Gasteiger partial charge in [0.25, 0.3) is 0 Å². The number of hydrogen-bond donors (Lipinski definition) is 0. The third kappa shape index (κ3) is 35.3. The van der Waals surface area contributed by atoms with Gasteiger partial charge in [-0.2, -0.15) is 0 Å². The zero-order chi connectivity index (χ0) is 35.8. The summed E-state index contributed by atoms with van der Waals surface area (Å²) in [6, 6.07) is 0. The Morgan fingerprint density at radius 2 is 0.653 bits per heavy atom. The van der Waals surface area contributed by atoms with Gasteiger partial charge in [-0.15, -0.1) is 6.58 Å². The molecule has 0 saturated carbocycles. The van der Waals surface area contributed by atoms with Crippen LogP contribution in [0.3, 0.4) is 0 Å². The van der Waals surface area contributed by atoms with Crippen molar-refractivity contribution in [1.29, 1.82) is 0 Å². The van der Waals surface area contributed by atoms with Crippen LogP contribution in [0.25, 0.3) is 0 Å². The molecular weight excluding hydrogens is 597 g/mol. The van der Waals surface area contributed by atoms with Crippen LogP contribution in [0.2, 0.25) is 0 Å². The van der Waals surface area contributed by atoms with Gasteiger partial charge < -0.3 is 4.79 Å². The molecule has 0 aliphatic rings. The Bertz CT molecular complexity index is 684. The Kier molecular flexibility index (Phi) is 39.1. The Morgan fingerprint density at radius 3 is 0.898 bits per heavy atom. The lowest BCUT2D eigenvalue weighted by molar-refractivity contribution is -0.119. The molecule has 2 nitrogen and oxygen atoms in total. The summed E-state index contributed by atoms with van der Waals surface area (Å²) in [5.41, 5.74) is -0.153. The van der Waals surface area contributed by atoms with Gasteiger partial charge >= 0.3 is 0 Å². The molecular formula is C47H90O2. The Labute approximate surface area is 309 Å². The highest BCUT2D eigenvalue weighted by Crippen LogP contribution is 2.34. The Balaban J connectivity index is 3.57. The summed E-state index contributed by atoms with van der Waals surface area (Å²) in [6.45, 7) is 8.55. The molecule has 0 amide bonds. The molecule has 0 aromatic rings. The summed E-state index contributed by atoms with van der Waals surface area (Å²) in [4.78, 5) is 24.4. The molecule has 0 heterocycles. The van der Waals surface area contributed by atoms with Crippen LogP contribution in [-0.4, -0.2) is 12.1 Å². The second-order valence-electron chi connectivity index (χ2n) is 16.2. The number of unbranched alkanes of at least 4 members (excludes halogenated alkanes) is 32. The first-order chi connectivity index (χ1) is 24.1. The van der Waals surface area contributed by atoms with Crippen LogP contribution in [0.4, 0.5) is 0 Å². The smallest absolute Gasteiger partial charge is 0.132 e. The number of Topliss-reactive ketones (excluding diaryl/α,β-unsaturated/α-hetero) is 1. The molecule has 0 bridgehead atoms. The summed E-state index contributed by atoms with van der Waals surface area (Å²) in [5.74, 6) is 0.507. The SMILES string of the molecule is C=CCC(C=O)(CCCCCCCCCCCCCC)CCCCCCCCCCCCCCC(=O)CCCCCCCCCCCCC. The minimum Gasteiger partial charge on any atom is -0.303 e. The molecule has 2 heteroatoms. The van der Waals surface area contributed by atoms with Crippen molar-refractivity contribution in [2.24, 2.45) is 5.41 Å². The van der Waals surface area contributed by atoms with E-state index in [4.69, 9.17) is 0 Å². The summed E-state index contributed by atoms with van der Waals surface area (Å²) in [7, 11) is 0. The molecule has 0 spiro atoms. The third-order valence-corrected chi connectivity index (χ3v) is 11.3. The fraction of sp³-hybridized carbons (Fsp3) is 0.915. The van der Waals surface area contributed by atoms with E-state index in [0.717, 1.165) is 44.9 Å². The van der Waals surface area contributed by atoms with Gasteiger partial charge in [0.05, 0.1) is 0 Å². The van der Waals surface area contributed by atoms with E-state index in [2.05, 4.69) is 20.4 Å².